The number of aromatic nitrogens is 1. The molecule has 1 heterocycles. The second kappa shape index (κ2) is 8.14. The molecule has 0 radical (unpaired) electrons. The average Bonchev–Trinajstić information content (AvgIpc) is 2.55. The minimum atomic E-state index is -0.239. The molecule has 1 aromatic heterocycles. The number of ether oxygens (including phenoxy) is 2. The molecule has 0 atom stereocenters. The molecule has 0 saturated heterocycles. The second-order valence-corrected chi connectivity index (χ2v) is 5.04. The second-order valence-electron chi connectivity index (χ2n) is 5.04. The van der Waals surface area contributed by atoms with Gasteiger partial charge in [-0.2, -0.15) is 0 Å². The minimum Gasteiger partial charge on any atom is -0.495 e. The van der Waals surface area contributed by atoms with Crippen molar-refractivity contribution in [3.63, 3.8) is 0 Å². The number of benzene rings is 1. The van der Waals surface area contributed by atoms with Crippen LogP contribution in [0.25, 0.3) is 0 Å². The van der Waals surface area contributed by atoms with Gasteiger partial charge in [-0.3, -0.25) is 9.78 Å². The number of carbonyl (C=O) groups is 1. The quantitative estimate of drug-likeness (QED) is 0.769. The van der Waals surface area contributed by atoms with Crippen LogP contribution < -0.4 is 15.4 Å². The predicted octanol–water partition coefficient (Wildman–Crippen LogP) is 2.71. The predicted molar refractivity (Wildman–Crippen MR) is 90.3 cm³/mol. The van der Waals surface area contributed by atoms with Crippen molar-refractivity contribution >= 4 is 17.3 Å². The molecule has 2 N–H and O–H groups in total. The largest absolute Gasteiger partial charge is 0.495 e. The zero-order valence-corrected chi connectivity index (χ0v) is 13.6. The molecule has 23 heavy (non-hydrogen) atoms. The first-order valence-electron chi connectivity index (χ1n) is 7.28. The molecule has 0 aliphatic heterocycles. The summed E-state index contributed by atoms with van der Waals surface area (Å²) in [4.78, 5) is 16.5. The van der Waals surface area contributed by atoms with Crippen LogP contribution in [0.3, 0.4) is 0 Å². The number of rotatable bonds is 7. The zero-order chi connectivity index (χ0) is 16.7. The van der Waals surface area contributed by atoms with Crippen LogP contribution in [0.4, 0.5) is 11.4 Å². The van der Waals surface area contributed by atoms with Gasteiger partial charge in [0.2, 0.25) is 0 Å². The van der Waals surface area contributed by atoms with Crippen molar-refractivity contribution in [3.8, 4) is 5.75 Å². The van der Waals surface area contributed by atoms with Gasteiger partial charge in [0.25, 0.3) is 5.91 Å². The van der Waals surface area contributed by atoms with E-state index < -0.39 is 0 Å². The highest BCUT2D eigenvalue weighted by Crippen LogP contribution is 2.25. The lowest BCUT2D eigenvalue weighted by Crippen LogP contribution is -2.14. The number of amides is 1. The van der Waals surface area contributed by atoms with Crippen LogP contribution in [-0.4, -0.2) is 38.3 Å². The lowest BCUT2D eigenvalue weighted by atomic mass is 10.2. The van der Waals surface area contributed by atoms with Gasteiger partial charge >= 0.3 is 0 Å². The molecule has 0 saturated carbocycles. The van der Waals surface area contributed by atoms with Gasteiger partial charge < -0.3 is 20.1 Å². The van der Waals surface area contributed by atoms with Crippen molar-refractivity contribution < 1.29 is 14.3 Å². The van der Waals surface area contributed by atoms with Crippen molar-refractivity contribution in [1.82, 2.24) is 4.98 Å². The minimum absolute atomic E-state index is 0.239. The Kier molecular flexibility index (Phi) is 5.94. The highest BCUT2D eigenvalue weighted by Gasteiger charge is 2.11. The van der Waals surface area contributed by atoms with Crippen molar-refractivity contribution in [2.24, 2.45) is 0 Å². The standard InChI is InChI=1S/C17H21N3O3/c1-12-4-5-16(23-3)15(8-12)20-17(21)13-9-14(11-18-10-13)19-6-7-22-2/h4-5,8-11,19H,6-7H2,1-3H3,(H,20,21). The van der Waals surface area contributed by atoms with Gasteiger partial charge in [0.1, 0.15) is 5.75 Å². The van der Waals surface area contributed by atoms with E-state index in [4.69, 9.17) is 9.47 Å². The Labute approximate surface area is 135 Å². The van der Waals surface area contributed by atoms with Crippen molar-refractivity contribution in [1.29, 1.82) is 0 Å². The van der Waals surface area contributed by atoms with E-state index in [0.717, 1.165) is 11.3 Å². The third kappa shape index (κ3) is 4.69. The number of methoxy groups -OCH3 is 2. The van der Waals surface area contributed by atoms with Gasteiger partial charge in [0, 0.05) is 26.0 Å². The van der Waals surface area contributed by atoms with E-state index in [0.29, 0.717) is 30.2 Å². The van der Waals surface area contributed by atoms with E-state index in [-0.39, 0.29) is 5.91 Å². The molecule has 0 aliphatic rings. The first kappa shape index (κ1) is 16.8. The molecule has 0 unspecified atom stereocenters. The Morgan fingerprint density at radius 2 is 2.04 bits per heavy atom. The molecule has 6 nitrogen and oxygen atoms in total. The topological polar surface area (TPSA) is 72.5 Å². The maximum Gasteiger partial charge on any atom is 0.257 e. The summed E-state index contributed by atoms with van der Waals surface area (Å²) in [5.41, 5.74) is 2.91. The van der Waals surface area contributed by atoms with Crippen LogP contribution in [0, 0.1) is 6.92 Å². The van der Waals surface area contributed by atoms with Crippen LogP contribution in [0.5, 0.6) is 5.75 Å². The van der Waals surface area contributed by atoms with Crippen LogP contribution in [0.15, 0.2) is 36.7 Å². The van der Waals surface area contributed by atoms with E-state index in [1.54, 1.807) is 26.5 Å². The summed E-state index contributed by atoms with van der Waals surface area (Å²) in [5, 5.41) is 6.00. The Morgan fingerprint density at radius 3 is 2.78 bits per heavy atom. The number of nitrogens with zero attached hydrogens (tertiary/aromatic N) is 1. The number of pyridine rings is 1. The summed E-state index contributed by atoms with van der Waals surface area (Å²) in [6.07, 6.45) is 3.19. The van der Waals surface area contributed by atoms with Crippen LogP contribution in [-0.2, 0) is 4.74 Å². The number of aryl methyl sites for hydroxylation is 1. The molecule has 2 rings (SSSR count). The SMILES string of the molecule is COCCNc1cncc(C(=O)Nc2cc(C)ccc2OC)c1. The van der Waals surface area contributed by atoms with Crippen molar-refractivity contribution in [3.05, 3.63) is 47.8 Å². The Bertz CT molecular complexity index is 674. The van der Waals surface area contributed by atoms with Gasteiger partial charge in [-0.25, -0.2) is 0 Å². The highest BCUT2D eigenvalue weighted by molar-refractivity contribution is 6.05. The van der Waals surface area contributed by atoms with Crippen LogP contribution in [0.1, 0.15) is 15.9 Å². The molecule has 1 aromatic carbocycles. The lowest BCUT2D eigenvalue weighted by Gasteiger charge is -2.12. The molecule has 0 aliphatic carbocycles. The van der Waals surface area contributed by atoms with Gasteiger partial charge in [-0.15, -0.1) is 0 Å². The Balaban J connectivity index is 2.11. The molecule has 1 amide bonds. The molecular formula is C17H21N3O3. The van der Waals surface area contributed by atoms with Gasteiger partial charge in [0.15, 0.2) is 0 Å². The fourth-order valence-electron chi connectivity index (χ4n) is 2.07. The molecular weight excluding hydrogens is 294 g/mol. The molecule has 0 bridgehead atoms. The summed E-state index contributed by atoms with van der Waals surface area (Å²) in [6, 6.07) is 7.37. The maximum atomic E-state index is 12.4. The first-order chi connectivity index (χ1) is 11.1. The zero-order valence-electron chi connectivity index (χ0n) is 13.6. The van der Waals surface area contributed by atoms with Gasteiger partial charge in [-0.05, 0) is 30.7 Å². The summed E-state index contributed by atoms with van der Waals surface area (Å²) in [7, 11) is 3.21. The number of nitrogens with one attached hydrogen (secondary N) is 2. The average molecular weight is 315 g/mol. The van der Waals surface area contributed by atoms with E-state index >= 15 is 0 Å². The highest BCUT2D eigenvalue weighted by atomic mass is 16.5. The Hall–Kier alpha value is -2.60. The fourth-order valence-corrected chi connectivity index (χ4v) is 2.07. The van der Waals surface area contributed by atoms with Crippen LogP contribution >= 0.6 is 0 Å². The van der Waals surface area contributed by atoms with Crippen LogP contribution in [0.2, 0.25) is 0 Å². The monoisotopic (exact) mass is 315 g/mol. The summed E-state index contributed by atoms with van der Waals surface area (Å²) >= 11 is 0. The smallest absolute Gasteiger partial charge is 0.257 e. The van der Waals surface area contributed by atoms with E-state index in [1.807, 2.05) is 25.1 Å². The lowest BCUT2D eigenvalue weighted by molar-refractivity contribution is 0.102. The summed E-state index contributed by atoms with van der Waals surface area (Å²) in [6.45, 7) is 3.18. The number of carbonyl (C=O) groups excluding carboxylic acids is 1. The number of hydrogen-bond acceptors (Lipinski definition) is 5. The number of hydrogen-bond donors (Lipinski definition) is 2. The third-order valence-electron chi connectivity index (χ3n) is 3.24. The van der Waals surface area contributed by atoms with Gasteiger partial charge in [-0.1, -0.05) is 6.07 Å². The Morgan fingerprint density at radius 1 is 1.22 bits per heavy atom. The van der Waals surface area contributed by atoms with E-state index in [9.17, 15) is 4.79 Å². The normalized spacial score (nSPS) is 10.2. The molecule has 2 aromatic rings. The maximum absolute atomic E-state index is 12.4. The van der Waals surface area contributed by atoms with E-state index in [2.05, 4.69) is 15.6 Å². The molecule has 6 heteroatoms. The summed E-state index contributed by atoms with van der Waals surface area (Å²) in [5.74, 6) is 0.378. The van der Waals surface area contributed by atoms with Crippen molar-refractivity contribution in [2.75, 3.05) is 38.0 Å². The molecule has 0 spiro atoms. The first-order valence-corrected chi connectivity index (χ1v) is 7.28. The van der Waals surface area contributed by atoms with E-state index in [1.165, 1.54) is 6.20 Å². The summed E-state index contributed by atoms with van der Waals surface area (Å²) < 4.78 is 10.3. The third-order valence-corrected chi connectivity index (χ3v) is 3.24. The van der Waals surface area contributed by atoms with Gasteiger partial charge in [0.05, 0.1) is 30.7 Å². The molecule has 0 fully saturated rings. The number of anilines is 2. The fraction of sp³-hybridized carbons (Fsp3) is 0.294. The molecule has 122 valence electrons. The van der Waals surface area contributed by atoms with Crippen molar-refractivity contribution in [2.45, 2.75) is 6.92 Å².